The maximum absolute atomic E-state index is 13.1. The molecule has 6 aromatic rings. The summed E-state index contributed by atoms with van der Waals surface area (Å²) in [5.74, 6) is 0. The molecule has 110 valence electrons. The molecule has 0 saturated heterocycles. The van der Waals surface area contributed by atoms with Crippen LogP contribution >= 0.6 is 0 Å². The molecule has 0 saturated carbocycles. The van der Waals surface area contributed by atoms with Crippen molar-refractivity contribution in [2.75, 3.05) is 0 Å². The van der Waals surface area contributed by atoms with E-state index in [0.717, 1.165) is 32.3 Å². The maximum atomic E-state index is 13.1. The van der Waals surface area contributed by atoms with E-state index >= 15 is 0 Å². The van der Waals surface area contributed by atoms with Crippen LogP contribution in [0, 0.1) is 0 Å². The fraction of sp³-hybridized carbons (Fsp3) is 0. The van der Waals surface area contributed by atoms with Gasteiger partial charge in [-0.15, -0.1) is 0 Å². The molecule has 0 atom stereocenters. The van der Waals surface area contributed by atoms with Crippen molar-refractivity contribution in [1.82, 2.24) is 0 Å². The van der Waals surface area contributed by atoms with Crippen LogP contribution in [-0.4, -0.2) is 0 Å². The molecule has 0 N–H and O–H groups in total. The average molecular weight is 304 g/mol. The van der Waals surface area contributed by atoms with E-state index < -0.39 is 0 Å². The smallest absolute Gasteiger partial charge is 0.194 e. The number of benzene rings is 5. The SMILES string of the molecule is O=c1c2cc3ccccc3c3ccc4c5ccccc5cc1c4c23. The molecule has 1 nitrogen and oxygen atoms in total. The number of hydrogen-bond acceptors (Lipinski definition) is 1. The van der Waals surface area contributed by atoms with Gasteiger partial charge in [0.05, 0.1) is 0 Å². The van der Waals surface area contributed by atoms with Gasteiger partial charge in [-0.3, -0.25) is 4.79 Å². The Morgan fingerprint density at radius 2 is 0.917 bits per heavy atom. The van der Waals surface area contributed by atoms with E-state index in [2.05, 4.69) is 60.7 Å². The Balaban J connectivity index is 2.07. The van der Waals surface area contributed by atoms with Crippen LogP contribution in [0.2, 0.25) is 0 Å². The summed E-state index contributed by atoms with van der Waals surface area (Å²) in [6.45, 7) is 0. The molecular formula is C23H12O. The second-order valence-corrected chi connectivity index (χ2v) is 6.53. The molecule has 0 aliphatic heterocycles. The third kappa shape index (κ3) is 1.30. The first-order valence-corrected chi connectivity index (χ1v) is 8.17. The standard InChI is InChI=1S/C23H12O/c24-23-19-11-13-5-1-3-7-15(13)17-9-10-18-16-8-4-2-6-14(16)12-20(23)22(18)21(17)19/h1-12H. The summed E-state index contributed by atoms with van der Waals surface area (Å²) in [6.07, 6.45) is 0. The van der Waals surface area contributed by atoms with Gasteiger partial charge in [0.2, 0.25) is 0 Å². The van der Waals surface area contributed by atoms with Gasteiger partial charge in [0, 0.05) is 21.5 Å². The Hall–Kier alpha value is -3.19. The van der Waals surface area contributed by atoms with E-state index in [4.69, 9.17) is 0 Å². The molecule has 0 aromatic heterocycles. The van der Waals surface area contributed by atoms with Crippen molar-refractivity contribution in [2.45, 2.75) is 0 Å². The lowest BCUT2D eigenvalue weighted by molar-refractivity contribution is 1.81. The second-order valence-electron chi connectivity index (χ2n) is 6.53. The number of fused-ring (bicyclic) bond motifs is 4. The van der Waals surface area contributed by atoms with E-state index in [1.807, 2.05) is 12.1 Å². The predicted octanol–water partition coefficient (Wildman–Crippen LogP) is 5.69. The Morgan fingerprint density at radius 3 is 1.42 bits per heavy atom. The third-order valence-electron chi connectivity index (χ3n) is 5.33. The zero-order chi connectivity index (χ0) is 15.8. The van der Waals surface area contributed by atoms with Gasteiger partial charge >= 0.3 is 0 Å². The van der Waals surface area contributed by atoms with Gasteiger partial charge in [-0.1, -0.05) is 60.7 Å². The van der Waals surface area contributed by atoms with Crippen LogP contribution in [0.15, 0.2) is 77.6 Å². The normalized spacial score (nSPS) is 12.3. The van der Waals surface area contributed by atoms with Crippen molar-refractivity contribution >= 4 is 53.9 Å². The van der Waals surface area contributed by atoms with E-state index in [1.54, 1.807) is 0 Å². The van der Waals surface area contributed by atoms with Crippen molar-refractivity contribution in [3.63, 3.8) is 0 Å². The highest BCUT2D eigenvalue weighted by Crippen LogP contribution is 2.40. The second kappa shape index (κ2) is 4.01. The van der Waals surface area contributed by atoms with E-state index in [9.17, 15) is 4.79 Å². The fourth-order valence-corrected chi connectivity index (χ4v) is 4.31. The van der Waals surface area contributed by atoms with Gasteiger partial charge in [0.25, 0.3) is 0 Å². The lowest BCUT2D eigenvalue weighted by Gasteiger charge is -2.08. The summed E-state index contributed by atoms with van der Waals surface area (Å²) in [6, 6.07) is 25.1. The Bertz CT molecular complexity index is 1350. The van der Waals surface area contributed by atoms with Crippen LogP contribution in [-0.2, 0) is 0 Å². The van der Waals surface area contributed by atoms with Crippen LogP contribution in [0.4, 0.5) is 0 Å². The molecule has 0 bridgehead atoms. The van der Waals surface area contributed by atoms with Gasteiger partial charge in [-0.25, -0.2) is 0 Å². The van der Waals surface area contributed by atoms with Crippen molar-refractivity contribution in [3.8, 4) is 0 Å². The minimum Gasteiger partial charge on any atom is -0.289 e. The summed E-state index contributed by atoms with van der Waals surface area (Å²) in [5, 5.41) is 11.0. The van der Waals surface area contributed by atoms with Crippen LogP contribution < -0.4 is 5.43 Å². The van der Waals surface area contributed by atoms with Gasteiger partial charge in [0.15, 0.2) is 5.43 Å². The molecule has 6 aromatic carbocycles. The van der Waals surface area contributed by atoms with Gasteiger partial charge in [-0.2, -0.15) is 0 Å². The Labute approximate surface area is 137 Å². The molecule has 0 spiro atoms. The molecular weight excluding hydrogens is 292 g/mol. The van der Waals surface area contributed by atoms with E-state index in [-0.39, 0.29) is 5.43 Å². The summed E-state index contributed by atoms with van der Waals surface area (Å²) in [4.78, 5) is 13.1. The van der Waals surface area contributed by atoms with E-state index in [1.165, 1.54) is 21.5 Å². The molecule has 0 heterocycles. The van der Waals surface area contributed by atoms with Crippen LogP contribution in [0.5, 0.6) is 0 Å². The molecule has 0 aliphatic carbocycles. The highest BCUT2D eigenvalue weighted by molar-refractivity contribution is 6.34. The molecule has 1 heteroatoms. The average Bonchev–Trinajstić information content (AvgIpc) is 2.91. The molecule has 0 amide bonds. The first-order chi connectivity index (χ1) is 11.8. The Morgan fingerprint density at radius 1 is 0.458 bits per heavy atom. The molecule has 0 fully saturated rings. The molecule has 24 heavy (non-hydrogen) atoms. The van der Waals surface area contributed by atoms with Crippen molar-refractivity contribution < 1.29 is 0 Å². The van der Waals surface area contributed by atoms with Crippen LogP contribution in [0.3, 0.4) is 0 Å². The van der Waals surface area contributed by atoms with Gasteiger partial charge in [0.1, 0.15) is 0 Å². The monoisotopic (exact) mass is 304 g/mol. The lowest BCUT2D eigenvalue weighted by atomic mass is 9.94. The zero-order valence-corrected chi connectivity index (χ0v) is 12.8. The van der Waals surface area contributed by atoms with Crippen LogP contribution in [0.1, 0.15) is 0 Å². The molecule has 0 unspecified atom stereocenters. The highest BCUT2D eigenvalue weighted by atomic mass is 16.1. The zero-order valence-electron chi connectivity index (χ0n) is 12.8. The first-order valence-electron chi connectivity index (χ1n) is 8.17. The summed E-state index contributed by atoms with van der Waals surface area (Å²) in [5.41, 5.74) is 0.155. The van der Waals surface area contributed by atoms with Crippen molar-refractivity contribution in [3.05, 3.63) is 83.0 Å². The lowest BCUT2D eigenvalue weighted by Crippen LogP contribution is -1.93. The summed E-state index contributed by atoms with van der Waals surface area (Å²) >= 11 is 0. The largest absolute Gasteiger partial charge is 0.289 e. The maximum Gasteiger partial charge on any atom is 0.194 e. The topological polar surface area (TPSA) is 17.1 Å². The quantitative estimate of drug-likeness (QED) is 0.329. The fourth-order valence-electron chi connectivity index (χ4n) is 4.31. The van der Waals surface area contributed by atoms with E-state index in [0.29, 0.717) is 0 Å². The predicted molar refractivity (Wildman–Crippen MR) is 103 cm³/mol. The minimum absolute atomic E-state index is 0.155. The first kappa shape index (κ1) is 12.3. The Kier molecular flexibility index (Phi) is 2.05. The highest BCUT2D eigenvalue weighted by Gasteiger charge is 2.18. The summed E-state index contributed by atoms with van der Waals surface area (Å²) < 4.78 is 0. The van der Waals surface area contributed by atoms with Gasteiger partial charge in [-0.05, 0) is 44.5 Å². The molecule has 0 radical (unpaired) electrons. The molecule has 6 rings (SSSR count). The number of rotatable bonds is 0. The number of hydrogen-bond donors (Lipinski definition) is 0. The summed E-state index contributed by atoms with van der Waals surface area (Å²) in [7, 11) is 0. The minimum atomic E-state index is 0.155. The molecule has 0 aliphatic rings. The van der Waals surface area contributed by atoms with Gasteiger partial charge < -0.3 is 0 Å². The van der Waals surface area contributed by atoms with Crippen LogP contribution in [0.25, 0.3) is 53.9 Å². The van der Waals surface area contributed by atoms with Crippen molar-refractivity contribution in [2.24, 2.45) is 0 Å². The third-order valence-corrected chi connectivity index (χ3v) is 5.33. The van der Waals surface area contributed by atoms with Crippen molar-refractivity contribution in [1.29, 1.82) is 0 Å².